The summed E-state index contributed by atoms with van der Waals surface area (Å²) < 4.78 is 16.9. The van der Waals surface area contributed by atoms with E-state index in [9.17, 15) is 9.59 Å². The monoisotopic (exact) mass is 438 g/mol. The number of ether oxygens (including phenoxy) is 2. The molecule has 0 saturated heterocycles. The Balaban J connectivity index is 1.55. The largest absolute Gasteiger partial charge is 0.482 e. The molecule has 6 heteroatoms. The topological polar surface area (TPSA) is 65.7 Å². The smallest absolute Gasteiger partial charge is 0.344 e. The molecule has 0 radical (unpaired) electrons. The molecule has 0 spiro atoms. The molecule has 0 unspecified atom stereocenters. The molecule has 1 aromatic heterocycles. The van der Waals surface area contributed by atoms with Crippen molar-refractivity contribution in [3.8, 4) is 5.75 Å². The lowest BCUT2D eigenvalue weighted by Gasteiger charge is -2.10. The van der Waals surface area contributed by atoms with Crippen LogP contribution < -0.4 is 10.4 Å². The number of benzene rings is 3. The first-order valence-corrected chi connectivity index (χ1v) is 9.38. The van der Waals surface area contributed by atoms with E-state index in [1.165, 1.54) is 6.07 Å². The minimum absolute atomic E-state index is 0.0449. The van der Waals surface area contributed by atoms with Crippen LogP contribution in [0.2, 0.25) is 0 Å². The van der Waals surface area contributed by atoms with Crippen LogP contribution in [0.3, 0.4) is 0 Å². The van der Waals surface area contributed by atoms with Gasteiger partial charge in [0, 0.05) is 21.5 Å². The zero-order valence-corrected chi connectivity index (χ0v) is 16.3. The minimum atomic E-state index is -0.526. The highest BCUT2D eigenvalue weighted by atomic mass is 79.9. The fraction of sp³-hybridized carbons (Fsp3) is 0.0909. The summed E-state index contributed by atoms with van der Waals surface area (Å²) in [6.07, 6.45) is 0. The van der Waals surface area contributed by atoms with Crippen molar-refractivity contribution in [2.24, 2.45) is 0 Å². The van der Waals surface area contributed by atoms with E-state index in [0.717, 1.165) is 20.6 Å². The Bertz CT molecular complexity index is 1230. The Morgan fingerprint density at radius 2 is 1.86 bits per heavy atom. The molecule has 28 heavy (non-hydrogen) atoms. The summed E-state index contributed by atoms with van der Waals surface area (Å²) in [5.41, 5.74) is 0.570. The van der Waals surface area contributed by atoms with Crippen molar-refractivity contribution in [2.75, 3.05) is 6.61 Å². The lowest BCUT2D eigenvalue weighted by molar-refractivity contribution is -0.147. The zero-order valence-electron chi connectivity index (χ0n) is 14.7. The van der Waals surface area contributed by atoms with Gasteiger partial charge < -0.3 is 13.9 Å². The van der Waals surface area contributed by atoms with Gasteiger partial charge >= 0.3 is 11.6 Å². The first-order valence-electron chi connectivity index (χ1n) is 8.58. The van der Waals surface area contributed by atoms with Crippen molar-refractivity contribution >= 4 is 43.6 Å². The van der Waals surface area contributed by atoms with E-state index in [4.69, 9.17) is 13.9 Å². The zero-order chi connectivity index (χ0) is 19.5. The molecule has 5 nitrogen and oxygen atoms in total. The molecular formula is C22H15BrO5. The predicted molar refractivity (Wildman–Crippen MR) is 109 cm³/mol. The highest BCUT2D eigenvalue weighted by Gasteiger charge is 2.12. The molecule has 4 aromatic rings. The molecule has 0 bridgehead atoms. The fourth-order valence-electron chi connectivity index (χ4n) is 3.03. The van der Waals surface area contributed by atoms with Crippen molar-refractivity contribution in [3.05, 3.63) is 87.2 Å². The van der Waals surface area contributed by atoms with Crippen LogP contribution >= 0.6 is 15.9 Å². The summed E-state index contributed by atoms with van der Waals surface area (Å²) in [4.78, 5) is 24.0. The summed E-state index contributed by atoms with van der Waals surface area (Å²) >= 11 is 3.35. The molecule has 0 N–H and O–H groups in total. The first kappa shape index (κ1) is 18.3. The number of rotatable bonds is 5. The van der Waals surface area contributed by atoms with Gasteiger partial charge in [0.2, 0.25) is 0 Å². The second-order valence-corrected chi connectivity index (χ2v) is 7.07. The number of esters is 1. The van der Waals surface area contributed by atoms with Crippen LogP contribution in [-0.2, 0) is 16.1 Å². The molecule has 0 saturated carbocycles. The second kappa shape index (κ2) is 7.86. The molecular weight excluding hydrogens is 424 g/mol. The molecule has 0 atom stereocenters. The van der Waals surface area contributed by atoms with Crippen LogP contribution in [0, 0.1) is 0 Å². The van der Waals surface area contributed by atoms with Gasteiger partial charge in [-0.25, -0.2) is 9.59 Å². The van der Waals surface area contributed by atoms with Gasteiger partial charge in [-0.2, -0.15) is 0 Å². The molecule has 0 aliphatic heterocycles. The van der Waals surface area contributed by atoms with E-state index >= 15 is 0 Å². The SMILES string of the molecule is O=C(COc1cccc(Br)c1)OCc1cc(=O)oc2ccc3ccccc3c12. The first-order chi connectivity index (χ1) is 13.6. The van der Waals surface area contributed by atoms with E-state index < -0.39 is 11.6 Å². The maximum atomic E-state index is 12.1. The van der Waals surface area contributed by atoms with E-state index in [1.54, 1.807) is 18.2 Å². The van der Waals surface area contributed by atoms with Crippen LogP contribution in [-0.4, -0.2) is 12.6 Å². The number of halogens is 1. The van der Waals surface area contributed by atoms with Gasteiger partial charge in [0.05, 0.1) is 0 Å². The number of hydrogen-bond donors (Lipinski definition) is 0. The van der Waals surface area contributed by atoms with E-state index in [-0.39, 0.29) is 13.2 Å². The Kier molecular flexibility index (Phi) is 5.12. The van der Waals surface area contributed by atoms with E-state index in [2.05, 4.69) is 15.9 Å². The quantitative estimate of drug-likeness (QED) is 0.253. The maximum absolute atomic E-state index is 12.1. The molecule has 140 valence electrons. The summed E-state index contributed by atoms with van der Waals surface area (Å²) in [6, 6.07) is 19.9. The van der Waals surface area contributed by atoms with Crippen LogP contribution in [0.5, 0.6) is 5.75 Å². The third kappa shape index (κ3) is 3.92. The number of carbonyl (C=O) groups is 1. The Hall–Kier alpha value is -3.12. The van der Waals surface area contributed by atoms with Crippen LogP contribution in [0.1, 0.15) is 5.56 Å². The molecule has 0 aliphatic rings. The Morgan fingerprint density at radius 1 is 1.00 bits per heavy atom. The van der Waals surface area contributed by atoms with Crippen molar-refractivity contribution in [1.29, 1.82) is 0 Å². The van der Waals surface area contributed by atoms with Crippen molar-refractivity contribution < 1.29 is 18.7 Å². The molecule has 0 amide bonds. The van der Waals surface area contributed by atoms with Crippen LogP contribution in [0.25, 0.3) is 21.7 Å². The minimum Gasteiger partial charge on any atom is -0.482 e. The van der Waals surface area contributed by atoms with E-state index in [1.807, 2.05) is 42.5 Å². The number of fused-ring (bicyclic) bond motifs is 3. The number of hydrogen-bond acceptors (Lipinski definition) is 5. The maximum Gasteiger partial charge on any atom is 0.344 e. The molecule has 0 fully saturated rings. The lowest BCUT2D eigenvalue weighted by Crippen LogP contribution is -2.15. The highest BCUT2D eigenvalue weighted by Crippen LogP contribution is 2.27. The molecule has 3 aromatic carbocycles. The van der Waals surface area contributed by atoms with Gasteiger partial charge in [-0.3, -0.25) is 0 Å². The van der Waals surface area contributed by atoms with Gasteiger partial charge in [-0.15, -0.1) is 0 Å². The average molecular weight is 439 g/mol. The molecule has 1 heterocycles. The average Bonchev–Trinajstić information content (AvgIpc) is 2.70. The summed E-state index contributed by atoms with van der Waals surface area (Å²) in [5, 5.41) is 2.70. The molecule has 0 aliphatic carbocycles. The van der Waals surface area contributed by atoms with Crippen molar-refractivity contribution in [2.45, 2.75) is 6.61 Å². The number of carbonyl (C=O) groups excluding carboxylic acids is 1. The standard InChI is InChI=1S/C22H15BrO5/c23-16-5-3-6-17(11-16)26-13-21(25)27-12-15-10-20(24)28-19-9-8-14-4-1-2-7-18(14)22(15)19/h1-11H,12-13H2. The molecule has 4 rings (SSSR count). The van der Waals surface area contributed by atoms with Gasteiger partial charge in [-0.1, -0.05) is 52.3 Å². The Morgan fingerprint density at radius 3 is 2.71 bits per heavy atom. The van der Waals surface area contributed by atoms with Gasteiger partial charge in [0.15, 0.2) is 6.61 Å². The normalized spacial score (nSPS) is 10.9. The third-order valence-corrected chi connectivity index (χ3v) is 4.75. The Labute approximate surface area is 168 Å². The third-order valence-electron chi connectivity index (χ3n) is 4.26. The van der Waals surface area contributed by atoms with Gasteiger partial charge in [0.1, 0.15) is 17.9 Å². The van der Waals surface area contributed by atoms with Crippen LogP contribution in [0.4, 0.5) is 0 Å². The second-order valence-electron chi connectivity index (χ2n) is 6.16. The summed E-state index contributed by atoms with van der Waals surface area (Å²) in [7, 11) is 0. The highest BCUT2D eigenvalue weighted by molar-refractivity contribution is 9.10. The summed E-state index contributed by atoms with van der Waals surface area (Å²) in [6.45, 7) is -0.270. The summed E-state index contributed by atoms with van der Waals surface area (Å²) in [5.74, 6) is 0.0322. The lowest BCUT2D eigenvalue weighted by atomic mass is 10.0. The van der Waals surface area contributed by atoms with Crippen molar-refractivity contribution in [1.82, 2.24) is 0 Å². The van der Waals surface area contributed by atoms with E-state index in [0.29, 0.717) is 16.9 Å². The van der Waals surface area contributed by atoms with Crippen molar-refractivity contribution in [3.63, 3.8) is 0 Å². The fourth-order valence-corrected chi connectivity index (χ4v) is 3.41. The van der Waals surface area contributed by atoms with Crippen LogP contribution in [0.15, 0.2) is 80.4 Å². The van der Waals surface area contributed by atoms with Gasteiger partial charge in [0.25, 0.3) is 0 Å². The van der Waals surface area contributed by atoms with Gasteiger partial charge in [-0.05, 0) is 35.0 Å². The predicted octanol–water partition coefficient (Wildman–Crippen LogP) is 4.83.